The first-order chi connectivity index (χ1) is 12.0. The maximum Gasteiger partial charge on any atom is 0.305 e. The molecular formula is C17H19N3O5. The zero-order chi connectivity index (χ0) is 17.9. The molecule has 3 rings (SSSR count). The zero-order valence-corrected chi connectivity index (χ0v) is 13.7. The predicted octanol–water partition coefficient (Wildman–Crippen LogP) is 1.45. The Kier molecular flexibility index (Phi) is 4.71. The Labute approximate surface area is 144 Å². The normalized spacial score (nSPS) is 19.6. The van der Waals surface area contributed by atoms with Crippen LogP contribution < -0.4 is 10.1 Å². The third-order valence-corrected chi connectivity index (χ3v) is 4.18. The standard InChI is InChI=1S/C17H19N3O5/c1-24-12-4-2-11(3-5-12)13-8-14(20-19-13)16(23)18-17(9-15(21)22)6-7-25-10-17/h2-5,8H,6-7,9-10H2,1H3,(H,18,23)(H,19,20)(H,21,22). The van der Waals surface area contributed by atoms with Gasteiger partial charge in [0.25, 0.3) is 5.91 Å². The van der Waals surface area contributed by atoms with Gasteiger partial charge in [-0.1, -0.05) is 0 Å². The largest absolute Gasteiger partial charge is 0.497 e. The highest BCUT2D eigenvalue weighted by atomic mass is 16.5. The molecule has 1 aromatic heterocycles. The molecule has 0 bridgehead atoms. The van der Waals surface area contributed by atoms with Crippen LogP contribution in [0.4, 0.5) is 0 Å². The summed E-state index contributed by atoms with van der Waals surface area (Å²) >= 11 is 0. The van der Waals surface area contributed by atoms with Crippen molar-refractivity contribution in [2.24, 2.45) is 0 Å². The number of benzene rings is 1. The molecule has 1 saturated heterocycles. The van der Waals surface area contributed by atoms with Gasteiger partial charge >= 0.3 is 5.97 Å². The summed E-state index contributed by atoms with van der Waals surface area (Å²) in [6.07, 6.45) is 0.280. The maximum atomic E-state index is 12.5. The summed E-state index contributed by atoms with van der Waals surface area (Å²) in [7, 11) is 1.59. The van der Waals surface area contributed by atoms with Gasteiger partial charge < -0.3 is 19.9 Å². The van der Waals surface area contributed by atoms with Gasteiger partial charge in [-0.2, -0.15) is 5.10 Å². The van der Waals surface area contributed by atoms with E-state index >= 15 is 0 Å². The second-order valence-corrected chi connectivity index (χ2v) is 6.00. The van der Waals surface area contributed by atoms with Gasteiger partial charge in [0.05, 0.1) is 31.4 Å². The minimum Gasteiger partial charge on any atom is -0.497 e. The summed E-state index contributed by atoms with van der Waals surface area (Å²) in [6.45, 7) is 0.609. The number of ether oxygens (including phenoxy) is 2. The molecule has 3 N–H and O–H groups in total. The van der Waals surface area contributed by atoms with Crippen molar-refractivity contribution in [3.8, 4) is 17.0 Å². The third kappa shape index (κ3) is 3.80. The minimum atomic E-state index is -0.977. The smallest absolute Gasteiger partial charge is 0.305 e. The average molecular weight is 345 g/mol. The van der Waals surface area contributed by atoms with Gasteiger partial charge in [0, 0.05) is 12.2 Å². The highest BCUT2D eigenvalue weighted by Gasteiger charge is 2.39. The molecule has 1 fully saturated rings. The Bertz CT molecular complexity index is 763. The van der Waals surface area contributed by atoms with Crippen LogP contribution in [0.25, 0.3) is 11.3 Å². The fraction of sp³-hybridized carbons (Fsp3) is 0.353. The van der Waals surface area contributed by atoms with Gasteiger partial charge in [-0.15, -0.1) is 0 Å². The quantitative estimate of drug-likeness (QED) is 0.730. The fourth-order valence-corrected chi connectivity index (χ4v) is 2.83. The van der Waals surface area contributed by atoms with Crippen molar-refractivity contribution >= 4 is 11.9 Å². The van der Waals surface area contributed by atoms with Crippen LogP contribution in [0.1, 0.15) is 23.3 Å². The number of carboxylic acids is 1. The number of aliphatic carboxylic acids is 1. The van der Waals surface area contributed by atoms with Crippen molar-refractivity contribution in [2.45, 2.75) is 18.4 Å². The van der Waals surface area contributed by atoms with Crippen molar-refractivity contribution in [3.05, 3.63) is 36.0 Å². The van der Waals surface area contributed by atoms with Gasteiger partial charge in [0.2, 0.25) is 0 Å². The topological polar surface area (TPSA) is 114 Å². The number of amides is 1. The third-order valence-electron chi connectivity index (χ3n) is 4.18. The molecule has 2 aromatic rings. The average Bonchev–Trinajstić information content (AvgIpc) is 3.24. The molecule has 8 heteroatoms. The summed E-state index contributed by atoms with van der Waals surface area (Å²) in [5.41, 5.74) is 0.833. The van der Waals surface area contributed by atoms with E-state index in [0.29, 0.717) is 18.7 Å². The molecule has 0 spiro atoms. The van der Waals surface area contributed by atoms with Crippen molar-refractivity contribution in [3.63, 3.8) is 0 Å². The van der Waals surface area contributed by atoms with Crippen LogP contribution in [-0.2, 0) is 9.53 Å². The number of aromatic nitrogens is 2. The number of carbonyl (C=O) groups is 2. The minimum absolute atomic E-state index is 0.182. The number of carbonyl (C=O) groups excluding carboxylic acids is 1. The van der Waals surface area contributed by atoms with Gasteiger partial charge in [-0.25, -0.2) is 0 Å². The molecule has 1 amide bonds. The first-order valence-electron chi connectivity index (χ1n) is 7.83. The van der Waals surface area contributed by atoms with E-state index in [9.17, 15) is 9.59 Å². The molecule has 0 aliphatic carbocycles. The lowest BCUT2D eigenvalue weighted by Gasteiger charge is -2.26. The summed E-state index contributed by atoms with van der Waals surface area (Å²) in [5.74, 6) is -0.651. The molecule has 1 atom stereocenters. The number of hydrogen-bond donors (Lipinski definition) is 3. The molecule has 8 nitrogen and oxygen atoms in total. The van der Waals surface area contributed by atoms with E-state index in [2.05, 4.69) is 15.5 Å². The Morgan fingerprint density at radius 2 is 2.16 bits per heavy atom. The monoisotopic (exact) mass is 345 g/mol. The summed E-state index contributed by atoms with van der Waals surface area (Å²) in [5, 5.41) is 18.7. The Balaban J connectivity index is 1.74. The van der Waals surface area contributed by atoms with Crippen molar-refractivity contribution in [1.29, 1.82) is 0 Å². The van der Waals surface area contributed by atoms with Crippen LogP contribution in [0.5, 0.6) is 5.75 Å². The van der Waals surface area contributed by atoms with E-state index in [1.165, 1.54) is 0 Å². The van der Waals surface area contributed by atoms with Gasteiger partial charge in [-0.3, -0.25) is 14.7 Å². The molecule has 1 aliphatic rings. The highest BCUT2D eigenvalue weighted by Crippen LogP contribution is 2.24. The van der Waals surface area contributed by atoms with Crippen molar-refractivity contribution in [1.82, 2.24) is 15.5 Å². The molecule has 1 aliphatic heterocycles. The highest BCUT2D eigenvalue weighted by molar-refractivity contribution is 5.94. The fourth-order valence-electron chi connectivity index (χ4n) is 2.83. The van der Waals surface area contributed by atoms with Crippen LogP contribution in [0, 0.1) is 0 Å². The lowest BCUT2D eigenvalue weighted by Crippen LogP contribution is -2.50. The first kappa shape index (κ1) is 17.0. The molecule has 1 unspecified atom stereocenters. The number of methoxy groups -OCH3 is 1. The van der Waals surface area contributed by atoms with Gasteiger partial charge in [0.1, 0.15) is 11.4 Å². The van der Waals surface area contributed by atoms with Crippen LogP contribution in [-0.4, -0.2) is 53.0 Å². The van der Waals surface area contributed by atoms with E-state index in [-0.39, 0.29) is 18.7 Å². The number of aromatic amines is 1. The second kappa shape index (κ2) is 6.94. The molecule has 0 radical (unpaired) electrons. The number of H-pyrrole nitrogens is 1. The van der Waals surface area contributed by atoms with Gasteiger partial charge in [0.15, 0.2) is 0 Å². The Morgan fingerprint density at radius 3 is 2.76 bits per heavy atom. The number of hydrogen-bond acceptors (Lipinski definition) is 5. The second-order valence-electron chi connectivity index (χ2n) is 6.00. The van der Waals surface area contributed by atoms with E-state index in [1.54, 1.807) is 13.2 Å². The van der Waals surface area contributed by atoms with Crippen LogP contribution in [0.3, 0.4) is 0 Å². The van der Waals surface area contributed by atoms with E-state index in [1.807, 2.05) is 24.3 Å². The van der Waals surface area contributed by atoms with Crippen molar-refractivity contribution < 1.29 is 24.2 Å². The lowest BCUT2D eigenvalue weighted by molar-refractivity contribution is -0.138. The number of nitrogens with one attached hydrogen (secondary N) is 2. The first-order valence-corrected chi connectivity index (χ1v) is 7.83. The molecular weight excluding hydrogens is 326 g/mol. The summed E-state index contributed by atoms with van der Waals surface area (Å²) < 4.78 is 10.4. The summed E-state index contributed by atoms with van der Waals surface area (Å²) in [6, 6.07) is 8.92. The molecule has 1 aromatic carbocycles. The SMILES string of the molecule is COc1ccc(-c2cc(C(=O)NC3(CC(=O)O)CCOC3)[nH]n2)cc1. The number of nitrogens with zero attached hydrogens (tertiary/aromatic N) is 1. The van der Waals surface area contributed by atoms with E-state index in [4.69, 9.17) is 14.6 Å². The van der Waals surface area contributed by atoms with Crippen LogP contribution >= 0.6 is 0 Å². The zero-order valence-electron chi connectivity index (χ0n) is 13.7. The number of carboxylic acid groups (broad SMARTS) is 1. The molecule has 2 heterocycles. The van der Waals surface area contributed by atoms with E-state index < -0.39 is 17.4 Å². The van der Waals surface area contributed by atoms with Crippen molar-refractivity contribution in [2.75, 3.05) is 20.3 Å². The van der Waals surface area contributed by atoms with Crippen LogP contribution in [0.2, 0.25) is 0 Å². The Hall–Kier alpha value is -2.87. The Morgan fingerprint density at radius 1 is 1.40 bits per heavy atom. The summed E-state index contributed by atoms with van der Waals surface area (Å²) in [4.78, 5) is 23.6. The molecule has 132 valence electrons. The van der Waals surface area contributed by atoms with Gasteiger partial charge in [-0.05, 0) is 36.8 Å². The lowest BCUT2D eigenvalue weighted by atomic mass is 9.94. The van der Waals surface area contributed by atoms with E-state index in [0.717, 1.165) is 11.3 Å². The maximum absolute atomic E-state index is 12.5. The molecule has 25 heavy (non-hydrogen) atoms. The predicted molar refractivity (Wildman–Crippen MR) is 88.5 cm³/mol. The van der Waals surface area contributed by atoms with Crippen LogP contribution in [0.15, 0.2) is 30.3 Å². The molecule has 0 saturated carbocycles. The number of rotatable bonds is 6.